The third-order valence-corrected chi connectivity index (χ3v) is 6.04. The maximum absolute atomic E-state index is 10.8. The van der Waals surface area contributed by atoms with Gasteiger partial charge in [0.2, 0.25) is 0 Å². The number of thiophene rings is 1. The maximum Gasteiger partial charge on any atom is 0.0950 e. The van der Waals surface area contributed by atoms with Crippen LogP contribution in [0.25, 0.3) is 0 Å². The van der Waals surface area contributed by atoms with Gasteiger partial charge in [0.05, 0.1) is 6.10 Å². The minimum atomic E-state index is -0.385. The zero-order chi connectivity index (χ0) is 14.0. The largest absolute Gasteiger partial charge is 0.387 e. The van der Waals surface area contributed by atoms with Crippen LogP contribution in [0.15, 0.2) is 12.1 Å². The molecule has 1 aliphatic rings. The molecule has 1 aromatic rings. The van der Waals surface area contributed by atoms with Crippen molar-refractivity contribution in [1.29, 1.82) is 0 Å². The quantitative estimate of drug-likeness (QED) is 0.879. The molecule has 1 heterocycles. The van der Waals surface area contributed by atoms with Crippen LogP contribution in [0.1, 0.15) is 55.4 Å². The Kier molecular flexibility index (Phi) is 4.70. The topological polar surface area (TPSA) is 46.2 Å². The molecule has 0 aromatic carbocycles. The standard InChI is InChI=1S/C16H27NOS/c1-11(2)13-6-8-16(10-17,9-7-13)15(18)14-5-4-12(3)19-14/h4-5,11,13,15,18H,6-10,17H2,1-3H3. The summed E-state index contributed by atoms with van der Waals surface area (Å²) in [6.07, 6.45) is 4.14. The summed E-state index contributed by atoms with van der Waals surface area (Å²) in [6.45, 7) is 7.29. The molecule has 3 N–H and O–H groups in total. The van der Waals surface area contributed by atoms with Crippen molar-refractivity contribution in [3.63, 3.8) is 0 Å². The molecule has 3 heteroatoms. The number of rotatable bonds is 4. The van der Waals surface area contributed by atoms with E-state index in [-0.39, 0.29) is 11.5 Å². The van der Waals surface area contributed by atoms with Crippen molar-refractivity contribution in [2.45, 2.75) is 52.6 Å². The van der Waals surface area contributed by atoms with Crippen LogP contribution < -0.4 is 5.73 Å². The molecule has 108 valence electrons. The predicted molar refractivity (Wildman–Crippen MR) is 82.3 cm³/mol. The first kappa shape index (κ1) is 15.0. The second kappa shape index (κ2) is 5.94. The molecule has 2 rings (SSSR count). The Morgan fingerprint density at radius 3 is 2.42 bits per heavy atom. The first-order valence-electron chi connectivity index (χ1n) is 7.43. The summed E-state index contributed by atoms with van der Waals surface area (Å²) < 4.78 is 0. The number of aliphatic hydroxyl groups excluding tert-OH is 1. The second-order valence-electron chi connectivity index (χ2n) is 6.50. The molecule has 1 fully saturated rings. The summed E-state index contributed by atoms with van der Waals surface area (Å²) in [6, 6.07) is 4.16. The zero-order valence-corrected chi connectivity index (χ0v) is 13.2. The summed E-state index contributed by atoms with van der Waals surface area (Å²) in [5, 5.41) is 10.8. The maximum atomic E-state index is 10.8. The molecule has 0 bridgehead atoms. The molecule has 0 spiro atoms. The zero-order valence-electron chi connectivity index (χ0n) is 12.4. The third-order valence-electron chi connectivity index (χ3n) is 4.99. The van der Waals surface area contributed by atoms with Gasteiger partial charge in [0.25, 0.3) is 0 Å². The molecule has 0 radical (unpaired) electrons. The molecule has 0 saturated heterocycles. The number of hydrogen-bond acceptors (Lipinski definition) is 3. The van der Waals surface area contributed by atoms with Gasteiger partial charge in [-0.05, 0) is 56.6 Å². The average Bonchev–Trinajstić information content (AvgIpc) is 2.84. The fourth-order valence-electron chi connectivity index (χ4n) is 3.37. The van der Waals surface area contributed by atoms with Gasteiger partial charge in [0.15, 0.2) is 0 Å². The molecule has 1 aromatic heterocycles. The third kappa shape index (κ3) is 3.04. The fraction of sp³-hybridized carbons (Fsp3) is 0.750. The van der Waals surface area contributed by atoms with E-state index in [1.807, 2.05) is 0 Å². The molecular formula is C16H27NOS. The van der Waals surface area contributed by atoms with Gasteiger partial charge < -0.3 is 10.8 Å². The fourth-order valence-corrected chi connectivity index (χ4v) is 4.38. The van der Waals surface area contributed by atoms with Gasteiger partial charge in [0, 0.05) is 21.7 Å². The van der Waals surface area contributed by atoms with Gasteiger partial charge in [0.1, 0.15) is 0 Å². The van der Waals surface area contributed by atoms with Crippen LogP contribution in [-0.4, -0.2) is 11.7 Å². The summed E-state index contributed by atoms with van der Waals surface area (Å²) >= 11 is 1.70. The lowest BCUT2D eigenvalue weighted by Gasteiger charge is -2.43. The minimum absolute atomic E-state index is 0.0946. The lowest BCUT2D eigenvalue weighted by molar-refractivity contribution is -0.0127. The van der Waals surface area contributed by atoms with Gasteiger partial charge in [-0.3, -0.25) is 0 Å². The van der Waals surface area contributed by atoms with Crippen LogP contribution in [0.5, 0.6) is 0 Å². The van der Waals surface area contributed by atoms with E-state index in [0.717, 1.165) is 29.6 Å². The second-order valence-corrected chi connectivity index (χ2v) is 7.82. The van der Waals surface area contributed by atoms with Crippen LogP contribution in [0.2, 0.25) is 0 Å². The molecule has 2 nitrogen and oxygen atoms in total. The number of nitrogens with two attached hydrogens (primary N) is 1. The van der Waals surface area contributed by atoms with Gasteiger partial charge in [-0.2, -0.15) is 0 Å². The first-order chi connectivity index (χ1) is 8.98. The Balaban J connectivity index is 2.11. The van der Waals surface area contributed by atoms with Crippen molar-refractivity contribution in [2.24, 2.45) is 23.0 Å². The van der Waals surface area contributed by atoms with E-state index in [2.05, 4.69) is 32.9 Å². The molecule has 0 aliphatic heterocycles. The van der Waals surface area contributed by atoms with E-state index in [0.29, 0.717) is 6.54 Å². The molecule has 19 heavy (non-hydrogen) atoms. The Bertz CT molecular complexity index is 405. The summed E-state index contributed by atoms with van der Waals surface area (Å²) in [5.41, 5.74) is 5.95. The smallest absolute Gasteiger partial charge is 0.0950 e. The normalized spacial score (nSPS) is 29.7. The van der Waals surface area contributed by atoms with Crippen molar-refractivity contribution in [1.82, 2.24) is 0 Å². The van der Waals surface area contributed by atoms with Gasteiger partial charge in [-0.15, -0.1) is 11.3 Å². The highest BCUT2D eigenvalue weighted by Gasteiger charge is 2.41. The number of hydrogen-bond donors (Lipinski definition) is 2. The number of aliphatic hydroxyl groups is 1. The van der Waals surface area contributed by atoms with Crippen LogP contribution in [0.4, 0.5) is 0 Å². The molecule has 1 aliphatic carbocycles. The first-order valence-corrected chi connectivity index (χ1v) is 8.24. The SMILES string of the molecule is Cc1ccc(C(O)C2(CN)CCC(C(C)C)CC2)s1. The highest BCUT2D eigenvalue weighted by molar-refractivity contribution is 7.12. The Morgan fingerprint density at radius 2 is 2.00 bits per heavy atom. The monoisotopic (exact) mass is 281 g/mol. The van der Waals surface area contributed by atoms with Crippen LogP contribution in [0.3, 0.4) is 0 Å². The van der Waals surface area contributed by atoms with E-state index in [1.165, 1.54) is 17.7 Å². The molecule has 1 unspecified atom stereocenters. The van der Waals surface area contributed by atoms with Crippen molar-refractivity contribution >= 4 is 11.3 Å². The Hall–Kier alpha value is -0.380. The van der Waals surface area contributed by atoms with Crippen molar-refractivity contribution in [3.8, 4) is 0 Å². The van der Waals surface area contributed by atoms with E-state index < -0.39 is 0 Å². The van der Waals surface area contributed by atoms with Crippen LogP contribution >= 0.6 is 11.3 Å². The summed E-state index contributed by atoms with van der Waals surface area (Å²) in [5.74, 6) is 1.55. The number of aryl methyl sites for hydroxylation is 1. The lowest BCUT2D eigenvalue weighted by atomic mass is 9.65. The molecular weight excluding hydrogens is 254 g/mol. The summed E-state index contributed by atoms with van der Waals surface area (Å²) in [4.78, 5) is 2.35. The highest BCUT2D eigenvalue weighted by atomic mass is 32.1. The average molecular weight is 281 g/mol. The van der Waals surface area contributed by atoms with E-state index in [1.54, 1.807) is 11.3 Å². The van der Waals surface area contributed by atoms with Gasteiger partial charge >= 0.3 is 0 Å². The van der Waals surface area contributed by atoms with Crippen molar-refractivity contribution in [3.05, 3.63) is 21.9 Å². The minimum Gasteiger partial charge on any atom is -0.387 e. The summed E-state index contributed by atoms with van der Waals surface area (Å²) in [7, 11) is 0. The Labute approximate surface area is 121 Å². The molecule has 0 amide bonds. The van der Waals surface area contributed by atoms with E-state index in [9.17, 15) is 5.11 Å². The van der Waals surface area contributed by atoms with Crippen LogP contribution in [0, 0.1) is 24.2 Å². The van der Waals surface area contributed by atoms with E-state index in [4.69, 9.17) is 5.73 Å². The lowest BCUT2D eigenvalue weighted by Crippen LogP contribution is -2.40. The molecule has 1 saturated carbocycles. The Morgan fingerprint density at radius 1 is 1.37 bits per heavy atom. The van der Waals surface area contributed by atoms with Gasteiger partial charge in [-0.25, -0.2) is 0 Å². The molecule has 1 atom stereocenters. The highest BCUT2D eigenvalue weighted by Crippen LogP contribution is 2.49. The van der Waals surface area contributed by atoms with E-state index >= 15 is 0 Å². The van der Waals surface area contributed by atoms with Crippen molar-refractivity contribution < 1.29 is 5.11 Å². The van der Waals surface area contributed by atoms with Gasteiger partial charge in [-0.1, -0.05) is 13.8 Å². The van der Waals surface area contributed by atoms with Crippen molar-refractivity contribution in [2.75, 3.05) is 6.54 Å². The van der Waals surface area contributed by atoms with Crippen LogP contribution in [-0.2, 0) is 0 Å². The predicted octanol–water partition coefficient (Wildman–Crippen LogP) is 3.88.